The molecule has 0 aliphatic heterocycles. The molecule has 0 radical (unpaired) electrons. The van der Waals surface area contributed by atoms with Gasteiger partial charge in [-0.3, -0.25) is 9.67 Å². The number of hydrogen-bond donors (Lipinski definition) is 1. The van der Waals surface area contributed by atoms with E-state index in [0.717, 1.165) is 12.2 Å². The molecule has 0 aliphatic rings. The van der Waals surface area contributed by atoms with E-state index in [1.54, 1.807) is 30.5 Å². The summed E-state index contributed by atoms with van der Waals surface area (Å²) >= 11 is 0. The summed E-state index contributed by atoms with van der Waals surface area (Å²) in [4.78, 5) is 8.02. The zero-order valence-corrected chi connectivity index (χ0v) is 9.21. The highest BCUT2D eigenvalue weighted by atomic mass is 16.5. The topological polar surface area (TPSA) is 64.9 Å². The van der Waals surface area contributed by atoms with Crippen molar-refractivity contribution in [2.24, 2.45) is 7.05 Å². The van der Waals surface area contributed by atoms with Gasteiger partial charge in [0, 0.05) is 19.7 Å². The third-order valence-electron chi connectivity index (χ3n) is 1.88. The van der Waals surface area contributed by atoms with Crippen LogP contribution in [0, 0.1) is 0 Å². The lowest BCUT2D eigenvalue weighted by molar-refractivity contribution is 0.437. The molecule has 0 amide bonds. The van der Waals surface area contributed by atoms with Crippen molar-refractivity contribution in [1.29, 1.82) is 0 Å². The van der Waals surface area contributed by atoms with Crippen LogP contribution in [0.1, 0.15) is 6.92 Å². The first-order valence-corrected chi connectivity index (χ1v) is 5.00. The highest BCUT2D eigenvalue weighted by molar-refractivity contribution is 5.45. The van der Waals surface area contributed by atoms with Gasteiger partial charge in [0.05, 0.1) is 18.1 Å². The summed E-state index contributed by atoms with van der Waals surface area (Å²) in [5, 5.41) is 7.17. The molecule has 0 saturated heterocycles. The molecular formula is C10H13N5O. The lowest BCUT2D eigenvalue weighted by Gasteiger charge is -2.04. The molecule has 16 heavy (non-hydrogen) atoms. The van der Waals surface area contributed by atoms with E-state index in [1.165, 1.54) is 0 Å². The van der Waals surface area contributed by atoms with Crippen LogP contribution in [0.15, 0.2) is 24.8 Å². The van der Waals surface area contributed by atoms with Gasteiger partial charge in [0.25, 0.3) is 0 Å². The third-order valence-corrected chi connectivity index (χ3v) is 1.88. The van der Waals surface area contributed by atoms with E-state index < -0.39 is 0 Å². The van der Waals surface area contributed by atoms with E-state index in [4.69, 9.17) is 4.74 Å². The van der Waals surface area contributed by atoms with E-state index in [1.807, 2.05) is 13.0 Å². The lowest BCUT2D eigenvalue weighted by Crippen LogP contribution is -1.97. The molecule has 6 heteroatoms. The zero-order valence-electron chi connectivity index (χ0n) is 9.21. The van der Waals surface area contributed by atoms with E-state index in [-0.39, 0.29) is 0 Å². The van der Waals surface area contributed by atoms with Crippen LogP contribution in [0.2, 0.25) is 0 Å². The fourth-order valence-corrected chi connectivity index (χ4v) is 1.25. The van der Waals surface area contributed by atoms with Gasteiger partial charge in [0.2, 0.25) is 0 Å². The number of aromatic nitrogens is 4. The van der Waals surface area contributed by atoms with Crippen LogP contribution >= 0.6 is 0 Å². The van der Waals surface area contributed by atoms with Crippen molar-refractivity contribution in [2.75, 3.05) is 11.9 Å². The molecule has 6 nitrogen and oxygen atoms in total. The molecule has 0 aromatic carbocycles. The molecule has 0 saturated carbocycles. The largest absolute Gasteiger partial charge is 0.421 e. The summed E-state index contributed by atoms with van der Waals surface area (Å²) in [6.45, 7) is 2.86. The molecule has 0 atom stereocenters. The second-order valence-corrected chi connectivity index (χ2v) is 3.24. The molecule has 84 valence electrons. The number of hydrogen-bond acceptors (Lipinski definition) is 5. The van der Waals surface area contributed by atoms with Gasteiger partial charge in [-0.25, -0.2) is 0 Å². The van der Waals surface area contributed by atoms with Crippen LogP contribution in [0.25, 0.3) is 0 Å². The number of nitrogens with one attached hydrogen (secondary N) is 1. The Balaban J connectivity index is 2.12. The summed E-state index contributed by atoms with van der Waals surface area (Å²) in [5.74, 6) is 0.615. The Bertz CT molecular complexity index is 468. The van der Waals surface area contributed by atoms with Crippen molar-refractivity contribution < 1.29 is 4.74 Å². The fraction of sp³-hybridized carbons (Fsp3) is 0.300. The Morgan fingerprint density at radius 2 is 2.31 bits per heavy atom. The van der Waals surface area contributed by atoms with Gasteiger partial charge in [-0.15, -0.1) is 5.10 Å². The highest BCUT2D eigenvalue weighted by Gasteiger charge is 2.02. The SMILES string of the molecule is CCNc1cncc(Oc2ncn(C)n2)c1. The number of pyridine rings is 1. The number of aryl methyl sites for hydroxylation is 1. The minimum Gasteiger partial charge on any atom is -0.421 e. The van der Waals surface area contributed by atoms with Gasteiger partial charge in [-0.05, 0) is 6.92 Å². The lowest BCUT2D eigenvalue weighted by atomic mass is 10.4. The average Bonchev–Trinajstić information content (AvgIpc) is 2.65. The quantitative estimate of drug-likeness (QED) is 0.842. The van der Waals surface area contributed by atoms with Crippen LogP contribution < -0.4 is 10.1 Å². The molecule has 0 fully saturated rings. The maximum Gasteiger partial charge on any atom is 0.341 e. The molecule has 2 aromatic heterocycles. The number of anilines is 1. The number of ether oxygens (including phenoxy) is 1. The standard InChI is InChI=1S/C10H13N5O/c1-3-12-8-4-9(6-11-5-8)16-10-13-7-15(2)14-10/h4-7,12H,3H2,1-2H3. The monoisotopic (exact) mass is 219 g/mol. The van der Waals surface area contributed by atoms with Gasteiger partial charge in [0.15, 0.2) is 5.75 Å². The predicted molar refractivity (Wildman–Crippen MR) is 59.5 cm³/mol. The molecule has 2 aromatic rings. The molecular weight excluding hydrogens is 206 g/mol. The van der Waals surface area contributed by atoms with Gasteiger partial charge in [-0.2, -0.15) is 4.98 Å². The van der Waals surface area contributed by atoms with Gasteiger partial charge < -0.3 is 10.1 Å². The molecule has 2 heterocycles. The summed E-state index contributed by atoms with van der Waals surface area (Å²) in [6.07, 6.45) is 4.94. The van der Waals surface area contributed by atoms with Gasteiger partial charge >= 0.3 is 6.01 Å². The third kappa shape index (κ3) is 2.47. The van der Waals surface area contributed by atoms with Gasteiger partial charge in [-0.1, -0.05) is 0 Å². The summed E-state index contributed by atoms with van der Waals surface area (Å²) in [6, 6.07) is 2.17. The second kappa shape index (κ2) is 4.61. The normalized spacial score (nSPS) is 10.1. The number of rotatable bonds is 4. The molecule has 2 rings (SSSR count). The van der Waals surface area contributed by atoms with Gasteiger partial charge in [0.1, 0.15) is 6.33 Å². The fourth-order valence-electron chi connectivity index (χ4n) is 1.25. The van der Waals surface area contributed by atoms with Crippen molar-refractivity contribution in [3.8, 4) is 11.8 Å². The van der Waals surface area contributed by atoms with E-state index >= 15 is 0 Å². The first-order valence-electron chi connectivity index (χ1n) is 5.00. The average molecular weight is 219 g/mol. The highest BCUT2D eigenvalue weighted by Crippen LogP contribution is 2.19. The minimum absolute atomic E-state index is 0.318. The van der Waals surface area contributed by atoms with Crippen LogP contribution in [0.5, 0.6) is 11.8 Å². The molecule has 0 aliphatic carbocycles. The Labute approximate surface area is 93.3 Å². The van der Waals surface area contributed by atoms with Crippen LogP contribution in [-0.4, -0.2) is 26.3 Å². The van der Waals surface area contributed by atoms with E-state index in [9.17, 15) is 0 Å². The maximum atomic E-state index is 5.44. The molecule has 0 unspecified atom stereocenters. The molecule has 0 spiro atoms. The predicted octanol–water partition coefficient (Wildman–Crippen LogP) is 1.43. The van der Waals surface area contributed by atoms with Crippen molar-refractivity contribution in [1.82, 2.24) is 19.7 Å². The zero-order chi connectivity index (χ0) is 11.4. The Morgan fingerprint density at radius 1 is 1.44 bits per heavy atom. The van der Waals surface area contributed by atoms with E-state index in [2.05, 4.69) is 20.4 Å². The Morgan fingerprint density at radius 3 is 3.00 bits per heavy atom. The smallest absolute Gasteiger partial charge is 0.341 e. The minimum atomic E-state index is 0.318. The van der Waals surface area contributed by atoms with Crippen molar-refractivity contribution in [3.63, 3.8) is 0 Å². The second-order valence-electron chi connectivity index (χ2n) is 3.24. The summed E-state index contributed by atoms with van der Waals surface area (Å²) < 4.78 is 7.02. The summed E-state index contributed by atoms with van der Waals surface area (Å²) in [7, 11) is 1.78. The maximum absolute atomic E-state index is 5.44. The van der Waals surface area contributed by atoms with Crippen molar-refractivity contribution >= 4 is 5.69 Å². The van der Waals surface area contributed by atoms with E-state index in [0.29, 0.717) is 11.8 Å². The summed E-state index contributed by atoms with van der Waals surface area (Å²) in [5.41, 5.74) is 0.913. The van der Waals surface area contributed by atoms with Crippen molar-refractivity contribution in [2.45, 2.75) is 6.92 Å². The Hall–Kier alpha value is -2.11. The van der Waals surface area contributed by atoms with Crippen molar-refractivity contribution in [3.05, 3.63) is 24.8 Å². The molecule has 1 N–H and O–H groups in total. The first kappa shape index (κ1) is 10.4. The van der Waals surface area contributed by atoms with Crippen LogP contribution in [0.4, 0.5) is 5.69 Å². The first-order chi connectivity index (χ1) is 7.78. The Kier molecular flexibility index (Phi) is 3.00. The molecule has 0 bridgehead atoms. The van der Waals surface area contributed by atoms with Crippen LogP contribution in [-0.2, 0) is 7.05 Å². The number of nitrogens with zero attached hydrogens (tertiary/aromatic N) is 4. The van der Waals surface area contributed by atoms with Crippen LogP contribution in [0.3, 0.4) is 0 Å².